The fourth-order valence-electron chi connectivity index (χ4n) is 3.19. The number of ether oxygens (including phenoxy) is 1. The number of aryl methyl sites for hydroxylation is 1. The van der Waals surface area contributed by atoms with E-state index < -0.39 is 31.2 Å². The Balaban J connectivity index is 1.78. The lowest BCUT2D eigenvalue weighted by Crippen LogP contribution is -2.55. The van der Waals surface area contributed by atoms with Crippen molar-refractivity contribution in [3.63, 3.8) is 0 Å². The second-order valence-corrected chi connectivity index (χ2v) is 6.05. The first-order valence-electron chi connectivity index (χ1n) is 7.84. The van der Waals surface area contributed by atoms with Crippen molar-refractivity contribution in [2.75, 3.05) is 32.8 Å². The van der Waals surface area contributed by atoms with Gasteiger partial charge in [-0.05, 0) is 6.92 Å². The highest BCUT2D eigenvalue weighted by molar-refractivity contribution is 5.83. The molecule has 3 rings (SSSR count). The topological polar surface area (TPSA) is 91.9 Å². The number of aliphatic hydroxyl groups excluding tert-OH is 1. The van der Waals surface area contributed by atoms with Crippen LogP contribution in [0, 0.1) is 6.92 Å². The van der Waals surface area contributed by atoms with Gasteiger partial charge in [-0.15, -0.1) is 0 Å². The predicted molar refractivity (Wildman–Crippen MR) is 76.3 cm³/mol. The minimum absolute atomic E-state index is 0.0493. The van der Waals surface area contributed by atoms with Crippen molar-refractivity contribution in [3.05, 3.63) is 11.7 Å². The zero-order chi connectivity index (χ0) is 17.3. The summed E-state index contributed by atoms with van der Waals surface area (Å²) in [5, 5.41) is 13.7. The molecule has 2 fully saturated rings. The second-order valence-electron chi connectivity index (χ2n) is 6.05. The number of halogens is 2. The lowest BCUT2D eigenvalue weighted by molar-refractivity contribution is -0.146. The molecule has 10 heteroatoms. The first-order valence-corrected chi connectivity index (χ1v) is 7.84. The van der Waals surface area contributed by atoms with Crippen LogP contribution in [0.5, 0.6) is 0 Å². The zero-order valence-electron chi connectivity index (χ0n) is 13.3. The summed E-state index contributed by atoms with van der Waals surface area (Å²) in [6, 6.07) is -1.35. The Bertz CT molecular complexity index is 585. The molecule has 1 aromatic rings. The quantitative estimate of drug-likeness (QED) is 0.819. The minimum atomic E-state index is -2.53. The average molecular weight is 346 g/mol. The summed E-state index contributed by atoms with van der Waals surface area (Å²) in [4.78, 5) is 19.9. The third-order valence-corrected chi connectivity index (χ3v) is 4.29. The van der Waals surface area contributed by atoms with Crippen LogP contribution in [0.2, 0.25) is 0 Å². The third-order valence-electron chi connectivity index (χ3n) is 4.29. The van der Waals surface area contributed by atoms with Crippen LogP contribution in [0.15, 0.2) is 4.52 Å². The van der Waals surface area contributed by atoms with Crippen molar-refractivity contribution in [1.82, 2.24) is 19.9 Å². The zero-order valence-corrected chi connectivity index (χ0v) is 13.3. The van der Waals surface area contributed by atoms with Crippen LogP contribution in [0.3, 0.4) is 0 Å². The molecule has 2 saturated heterocycles. The van der Waals surface area contributed by atoms with Gasteiger partial charge in [0.25, 0.3) is 6.43 Å². The smallest absolute Gasteiger partial charge is 0.251 e. The van der Waals surface area contributed by atoms with E-state index in [1.54, 1.807) is 6.92 Å². The normalized spacial score (nSPS) is 28.7. The van der Waals surface area contributed by atoms with Crippen LogP contribution in [0.1, 0.15) is 24.2 Å². The number of hydrogen-bond donors (Lipinski definition) is 1. The number of rotatable bonds is 4. The molecule has 1 unspecified atom stereocenters. The molecule has 0 aliphatic carbocycles. The van der Waals surface area contributed by atoms with Gasteiger partial charge in [0.1, 0.15) is 12.1 Å². The van der Waals surface area contributed by atoms with Gasteiger partial charge < -0.3 is 19.3 Å². The molecular weight excluding hydrogens is 326 g/mol. The highest BCUT2D eigenvalue weighted by Gasteiger charge is 2.43. The van der Waals surface area contributed by atoms with Crippen molar-refractivity contribution in [1.29, 1.82) is 0 Å². The van der Waals surface area contributed by atoms with Gasteiger partial charge in [-0.1, -0.05) is 5.16 Å². The summed E-state index contributed by atoms with van der Waals surface area (Å²) < 4.78 is 35.9. The lowest BCUT2D eigenvalue weighted by Gasteiger charge is -2.37. The number of β-amino-alcohol motifs (C(OH)–C–C–N with tert-alkyl or cyclic N) is 1. The standard InChI is InChI=1S/C14H20F2N4O4/c1-8-17-13(24-18-8)10-4-9(21)5-20(10)14(22)11-7-23-3-2-19(11)6-12(15)16/h9-12,21H,2-7H2,1H3/t9-,10-,11?/m1/s1. The van der Waals surface area contributed by atoms with Crippen molar-refractivity contribution < 1.29 is 27.9 Å². The van der Waals surface area contributed by atoms with Crippen LogP contribution in [-0.4, -0.2) is 82.4 Å². The van der Waals surface area contributed by atoms with Crippen molar-refractivity contribution >= 4 is 5.91 Å². The van der Waals surface area contributed by atoms with E-state index in [1.807, 2.05) is 0 Å². The van der Waals surface area contributed by atoms with E-state index in [2.05, 4.69) is 10.1 Å². The molecule has 1 amide bonds. The highest BCUT2D eigenvalue weighted by Crippen LogP contribution is 2.32. The average Bonchev–Trinajstić information content (AvgIpc) is 3.12. The number of carbonyl (C=O) groups is 1. The summed E-state index contributed by atoms with van der Waals surface area (Å²) in [5.41, 5.74) is 0. The van der Waals surface area contributed by atoms with Crippen LogP contribution >= 0.6 is 0 Å². The number of morpholine rings is 1. The monoisotopic (exact) mass is 346 g/mol. The molecule has 0 bridgehead atoms. The Morgan fingerprint density at radius 1 is 1.50 bits per heavy atom. The maximum Gasteiger partial charge on any atom is 0.251 e. The van der Waals surface area contributed by atoms with E-state index in [0.29, 0.717) is 12.4 Å². The first-order chi connectivity index (χ1) is 11.5. The largest absolute Gasteiger partial charge is 0.391 e. The van der Waals surface area contributed by atoms with Gasteiger partial charge in [0, 0.05) is 19.5 Å². The molecule has 24 heavy (non-hydrogen) atoms. The number of hydrogen-bond acceptors (Lipinski definition) is 7. The second kappa shape index (κ2) is 7.08. The number of likely N-dealkylation sites (tertiary alicyclic amines) is 1. The number of nitrogens with zero attached hydrogens (tertiary/aromatic N) is 4. The molecule has 134 valence electrons. The number of aliphatic hydroxyl groups is 1. The molecule has 3 heterocycles. The van der Waals surface area contributed by atoms with Gasteiger partial charge in [0.2, 0.25) is 11.8 Å². The lowest BCUT2D eigenvalue weighted by atomic mass is 10.1. The summed E-state index contributed by atoms with van der Waals surface area (Å²) in [6.45, 7) is 1.90. The fraction of sp³-hybridized carbons (Fsp3) is 0.786. The molecule has 0 radical (unpaired) electrons. The molecule has 2 aliphatic heterocycles. The van der Waals surface area contributed by atoms with Gasteiger partial charge in [-0.25, -0.2) is 8.78 Å². The Hall–Kier alpha value is -1.65. The van der Waals surface area contributed by atoms with Crippen LogP contribution in [0.25, 0.3) is 0 Å². The number of carbonyl (C=O) groups excluding carboxylic acids is 1. The van der Waals surface area contributed by atoms with E-state index in [9.17, 15) is 18.7 Å². The van der Waals surface area contributed by atoms with E-state index in [1.165, 1.54) is 9.80 Å². The maximum absolute atomic E-state index is 12.9. The Morgan fingerprint density at radius 2 is 2.29 bits per heavy atom. The molecule has 2 aliphatic rings. The van der Waals surface area contributed by atoms with Gasteiger partial charge >= 0.3 is 0 Å². The van der Waals surface area contributed by atoms with E-state index in [4.69, 9.17) is 9.26 Å². The van der Waals surface area contributed by atoms with Crippen LogP contribution < -0.4 is 0 Å². The SMILES string of the molecule is Cc1noc([C@H]2C[C@@H](O)CN2C(=O)C2COCCN2CC(F)F)n1. The van der Waals surface area contributed by atoms with Gasteiger partial charge in [0.05, 0.1) is 25.9 Å². The van der Waals surface area contributed by atoms with Crippen LogP contribution in [-0.2, 0) is 9.53 Å². The van der Waals surface area contributed by atoms with Crippen LogP contribution in [0.4, 0.5) is 8.78 Å². The summed E-state index contributed by atoms with van der Waals surface area (Å²) >= 11 is 0. The third kappa shape index (κ3) is 3.55. The molecule has 0 aromatic carbocycles. The molecule has 1 N–H and O–H groups in total. The van der Waals surface area contributed by atoms with Crippen molar-refractivity contribution in [3.8, 4) is 0 Å². The molecule has 8 nitrogen and oxygen atoms in total. The van der Waals surface area contributed by atoms with Gasteiger partial charge in [-0.2, -0.15) is 4.98 Å². The fourth-order valence-corrected chi connectivity index (χ4v) is 3.19. The molecular formula is C14H20F2N4O4. The number of alkyl halides is 2. The molecule has 0 saturated carbocycles. The van der Waals surface area contributed by atoms with Gasteiger partial charge in [0.15, 0.2) is 5.82 Å². The van der Waals surface area contributed by atoms with E-state index >= 15 is 0 Å². The minimum Gasteiger partial charge on any atom is -0.391 e. The molecule has 0 spiro atoms. The predicted octanol–water partition coefficient (Wildman–Crippen LogP) is -0.0218. The Morgan fingerprint density at radius 3 is 2.96 bits per heavy atom. The van der Waals surface area contributed by atoms with E-state index in [0.717, 1.165) is 0 Å². The van der Waals surface area contributed by atoms with Crippen molar-refractivity contribution in [2.24, 2.45) is 0 Å². The summed E-state index contributed by atoms with van der Waals surface area (Å²) in [7, 11) is 0. The Kier molecular flexibility index (Phi) is 5.07. The summed E-state index contributed by atoms with van der Waals surface area (Å²) in [6.07, 6.45) is -2.98. The molecule has 3 atom stereocenters. The highest BCUT2D eigenvalue weighted by atomic mass is 19.3. The number of amides is 1. The first kappa shape index (κ1) is 17.2. The Labute approximate surface area is 137 Å². The maximum atomic E-state index is 12.9. The van der Waals surface area contributed by atoms with Gasteiger partial charge in [-0.3, -0.25) is 9.69 Å². The molecule has 1 aromatic heterocycles. The van der Waals surface area contributed by atoms with Crippen molar-refractivity contribution in [2.45, 2.75) is 38.0 Å². The summed E-state index contributed by atoms with van der Waals surface area (Å²) in [5.74, 6) is 0.307. The van der Waals surface area contributed by atoms with E-state index in [-0.39, 0.29) is 37.9 Å². The number of aromatic nitrogens is 2.